The van der Waals surface area contributed by atoms with Gasteiger partial charge in [0.25, 0.3) is 0 Å². The Balaban J connectivity index is 0.00000220. The molecule has 7 heteroatoms. The van der Waals surface area contributed by atoms with E-state index in [0.29, 0.717) is 5.56 Å². The first-order valence-electron chi connectivity index (χ1n) is 7.18. The molecule has 0 saturated carbocycles. The number of ether oxygens (including phenoxy) is 1. The summed E-state index contributed by atoms with van der Waals surface area (Å²) in [6.45, 7) is 5.76. The van der Waals surface area contributed by atoms with Gasteiger partial charge in [0.2, 0.25) is 0 Å². The van der Waals surface area contributed by atoms with Crippen LogP contribution < -0.4 is 10.1 Å². The lowest BCUT2D eigenvalue weighted by molar-refractivity contribution is 0.161. The Hall–Kier alpha value is -0.750. The number of halogens is 3. The van der Waals surface area contributed by atoms with Crippen LogP contribution in [0.4, 0.5) is 4.39 Å². The summed E-state index contributed by atoms with van der Waals surface area (Å²) in [5.74, 6) is -0.104. The largest absolute Gasteiger partial charge is 0.504 e. The van der Waals surface area contributed by atoms with Crippen molar-refractivity contribution < 1.29 is 14.2 Å². The second-order valence-electron chi connectivity index (χ2n) is 5.14. The van der Waals surface area contributed by atoms with Gasteiger partial charge in [-0.3, -0.25) is 4.90 Å². The van der Waals surface area contributed by atoms with Crippen molar-refractivity contribution in [2.45, 2.75) is 25.8 Å². The molecule has 1 atom stereocenters. The van der Waals surface area contributed by atoms with Gasteiger partial charge in [-0.25, -0.2) is 4.39 Å². The van der Waals surface area contributed by atoms with E-state index >= 15 is 0 Å². The molecule has 0 radical (unpaired) electrons. The van der Waals surface area contributed by atoms with E-state index in [4.69, 9.17) is 4.74 Å². The van der Waals surface area contributed by atoms with Crippen LogP contribution in [0.1, 0.15) is 31.4 Å². The summed E-state index contributed by atoms with van der Waals surface area (Å²) in [6, 6.07) is 2.69. The molecule has 1 aliphatic heterocycles. The Morgan fingerprint density at radius 3 is 2.50 bits per heavy atom. The lowest BCUT2D eigenvalue weighted by Gasteiger charge is -2.35. The highest BCUT2D eigenvalue weighted by Crippen LogP contribution is 2.39. The number of hydrogen-bond donors (Lipinski definition) is 2. The molecule has 0 unspecified atom stereocenters. The molecular formula is C15H25Cl2FN2O2. The van der Waals surface area contributed by atoms with E-state index in [1.165, 1.54) is 19.2 Å². The first-order chi connectivity index (χ1) is 9.67. The summed E-state index contributed by atoms with van der Waals surface area (Å²) >= 11 is 0. The Morgan fingerprint density at radius 1 is 1.32 bits per heavy atom. The number of nitrogens with zero attached hydrogens (tertiary/aromatic N) is 1. The average Bonchev–Trinajstić information content (AvgIpc) is 2.48. The van der Waals surface area contributed by atoms with E-state index in [1.54, 1.807) is 0 Å². The molecule has 1 heterocycles. The predicted molar refractivity (Wildman–Crippen MR) is 91.2 cm³/mol. The summed E-state index contributed by atoms with van der Waals surface area (Å²) in [6.07, 6.45) is 1.87. The minimum Gasteiger partial charge on any atom is -0.504 e. The van der Waals surface area contributed by atoms with Crippen molar-refractivity contribution >= 4 is 24.8 Å². The standard InChI is InChI=1S/C15H23FN2O2.2ClH/c1-3-4-13(18-7-5-17-6-8-18)12-9-11(16)10-14(20-2)15(12)19;;/h9-10,13,17,19H,3-8H2,1-2H3;2*1H/t13-;;/m1../s1. The highest BCUT2D eigenvalue weighted by Gasteiger charge is 2.26. The third-order valence-electron chi connectivity index (χ3n) is 3.80. The van der Waals surface area contributed by atoms with Crippen LogP contribution in [0, 0.1) is 5.82 Å². The highest BCUT2D eigenvalue weighted by atomic mass is 35.5. The van der Waals surface area contributed by atoms with Gasteiger partial charge in [0.1, 0.15) is 5.82 Å². The Labute approximate surface area is 143 Å². The van der Waals surface area contributed by atoms with Crippen LogP contribution in [-0.2, 0) is 0 Å². The van der Waals surface area contributed by atoms with Crippen molar-refractivity contribution in [3.63, 3.8) is 0 Å². The number of benzene rings is 1. The van der Waals surface area contributed by atoms with Gasteiger partial charge in [0, 0.05) is 43.9 Å². The third-order valence-corrected chi connectivity index (χ3v) is 3.80. The monoisotopic (exact) mass is 354 g/mol. The molecule has 1 aromatic rings. The molecule has 128 valence electrons. The number of nitrogens with one attached hydrogen (secondary N) is 1. The van der Waals surface area contributed by atoms with Crippen LogP contribution in [0.5, 0.6) is 11.5 Å². The highest BCUT2D eigenvalue weighted by molar-refractivity contribution is 5.85. The number of piperazine rings is 1. The van der Waals surface area contributed by atoms with Crippen LogP contribution in [-0.4, -0.2) is 43.3 Å². The van der Waals surface area contributed by atoms with Crippen LogP contribution >= 0.6 is 24.8 Å². The molecule has 1 aromatic carbocycles. The van der Waals surface area contributed by atoms with Gasteiger partial charge in [0.05, 0.1) is 7.11 Å². The minimum absolute atomic E-state index is 0. The molecule has 0 bridgehead atoms. The number of hydrogen-bond acceptors (Lipinski definition) is 4. The molecule has 22 heavy (non-hydrogen) atoms. The van der Waals surface area contributed by atoms with Crippen LogP contribution in [0.3, 0.4) is 0 Å². The second-order valence-corrected chi connectivity index (χ2v) is 5.14. The number of methoxy groups -OCH3 is 1. The zero-order valence-corrected chi connectivity index (χ0v) is 14.6. The summed E-state index contributed by atoms with van der Waals surface area (Å²) in [4.78, 5) is 2.30. The summed E-state index contributed by atoms with van der Waals surface area (Å²) in [5, 5.41) is 13.6. The molecule has 4 nitrogen and oxygen atoms in total. The first-order valence-corrected chi connectivity index (χ1v) is 7.18. The van der Waals surface area contributed by atoms with Gasteiger partial charge in [0.15, 0.2) is 11.5 Å². The number of phenolic OH excluding ortho intramolecular Hbond substituents is 1. The molecule has 0 spiro atoms. The molecule has 2 rings (SSSR count). The van der Waals surface area contributed by atoms with Crippen molar-refractivity contribution in [3.8, 4) is 11.5 Å². The van der Waals surface area contributed by atoms with Crippen molar-refractivity contribution in [3.05, 3.63) is 23.5 Å². The Morgan fingerprint density at radius 2 is 1.95 bits per heavy atom. The lowest BCUT2D eigenvalue weighted by atomic mass is 9.98. The fourth-order valence-electron chi connectivity index (χ4n) is 2.81. The quantitative estimate of drug-likeness (QED) is 0.852. The van der Waals surface area contributed by atoms with Gasteiger partial charge in [-0.05, 0) is 12.5 Å². The lowest BCUT2D eigenvalue weighted by Crippen LogP contribution is -2.45. The van der Waals surface area contributed by atoms with Crippen molar-refractivity contribution in [1.29, 1.82) is 0 Å². The maximum Gasteiger partial charge on any atom is 0.163 e. The van der Waals surface area contributed by atoms with E-state index in [2.05, 4.69) is 17.1 Å². The molecule has 0 amide bonds. The van der Waals surface area contributed by atoms with E-state index in [1.807, 2.05) is 0 Å². The molecule has 1 aliphatic rings. The second kappa shape index (κ2) is 10.1. The van der Waals surface area contributed by atoms with E-state index in [9.17, 15) is 9.50 Å². The van der Waals surface area contributed by atoms with E-state index in [-0.39, 0.29) is 48.2 Å². The van der Waals surface area contributed by atoms with E-state index < -0.39 is 0 Å². The topological polar surface area (TPSA) is 44.7 Å². The Bertz CT molecular complexity index is 457. The number of phenols is 1. The van der Waals surface area contributed by atoms with Gasteiger partial charge in [-0.2, -0.15) is 0 Å². The predicted octanol–water partition coefficient (Wildman–Crippen LogP) is 3.13. The molecule has 1 fully saturated rings. The van der Waals surface area contributed by atoms with Crippen LogP contribution in [0.25, 0.3) is 0 Å². The van der Waals surface area contributed by atoms with Gasteiger partial charge < -0.3 is 15.2 Å². The first kappa shape index (κ1) is 21.2. The summed E-state index contributed by atoms with van der Waals surface area (Å²) in [7, 11) is 1.44. The molecule has 0 aliphatic carbocycles. The Kier molecular flexibility index (Phi) is 9.76. The number of rotatable bonds is 5. The van der Waals surface area contributed by atoms with Crippen molar-refractivity contribution in [2.24, 2.45) is 0 Å². The van der Waals surface area contributed by atoms with Crippen molar-refractivity contribution in [1.82, 2.24) is 10.2 Å². The van der Waals surface area contributed by atoms with Crippen LogP contribution in [0.2, 0.25) is 0 Å². The summed E-state index contributed by atoms with van der Waals surface area (Å²) < 4.78 is 18.8. The summed E-state index contributed by atoms with van der Waals surface area (Å²) in [5.41, 5.74) is 0.630. The SMILES string of the molecule is CCC[C@H](c1cc(F)cc(OC)c1O)N1CCNCC1.Cl.Cl. The number of aromatic hydroxyl groups is 1. The van der Waals surface area contributed by atoms with Gasteiger partial charge in [-0.15, -0.1) is 24.8 Å². The molecule has 2 N–H and O–H groups in total. The zero-order valence-electron chi connectivity index (χ0n) is 13.0. The fourth-order valence-corrected chi connectivity index (χ4v) is 2.81. The average molecular weight is 355 g/mol. The maximum absolute atomic E-state index is 13.7. The van der Waals surface area contributed by atoms with Crippen molar-refractivity contribution in [2.75, 3.05) is 33.3 Å². The van der Waals surface area contributed by atoms with Gasteiger partial charge in [-0.1, -0.05) is 13.3 Å². The van der Waals surface area contributed by atoms with Crippen LogP contribution in [0.15, 0.2) is 12.1 Å². The smallest absolute Gasteiger partial charge is 0.163 e. The minimum atomic E-state index is -0.370. The van der Waals surface area contributed by atoms with E-state index in [0.717, 1.165) is 39.0 Å². The normalized spacial score (nSPS) is 16.3. The molecule has 1 saturated heterocycles. The van der Waals surface area contributed by atoms with Gasteiger partial charge >= 0.3 is 0 Å². The molecule has 0 aromatic heterocycles. The third kappa shape index (κ3) is 4.88. The fraction of sp³-hybridized carbons (Fsp3) is 0.600. The zero-order chi connectivity index (χ0) is 14.5. The maximum atomic E-state index is 13.7. The molecular weight excluding hydrogens is 330 g/mol.